The molecule has 1 aromatic heterocycles. The minimum Gasteiger partial charge on any atom is -0.345 e. The van der Waals surface area contributed by atoms with Gasteiger partial charge in [0, 0.05) is 36.8 Å². The number of hydrogen-bond donors (Lipinski definition) is 3. The van der Waals surface area contributed by atoms with Crippen LogP contribution in [0.2, 0.25) is 0 Å². The molecule has 24 heavy (non-hydrogen) atoms. The fraction of sp³-hybridized carbons (Fsp3) is 0.368. The average molecular weight is 324 g/mol. The number of amides is 1. The van der Waals surface area contributed by atoms with E-state index in [1.807, 2.05) is 42.5 Å². The Bertz CT molecular complexity index is 612. The zero-order valence-electron chi connectivity index (χ0n) is 14.1. The van der Waals surface area contributed by atoms with Gasteiger partial charge < -0.3 is 5.32 Å². The van der Waals surface area contributed by atoms with Crippen LogP contribution in [0.15, 0.2) is 54.9 Å². The van der Waals surface area contributed by atoms with Gasteiger partial charge in [-0.15, -0.1) is 0 Å². The molecule has 3 rings (SSSR count). The number of carbonyl (C=O) groups is 1. The highest BCUT2D eigenvalue weighted by molar-refractivity contribution is 5.77. The van der Waals surface area contributed by atoms with Crippen molar-refractivity contribution in [2.75, 3.05) is 0 Å². The second-order valence-electron chi connectivity index (χ2n) is 6.43. The van der Waals surface area contributed by atoms with Crippen LogP contribution in [0.1, 0.15) is 37.4 Å². The van der Waals surface area contributed by atoms with Gasteiger partial charge in [0.25, 0.3) is 0 Å². The summed E-state index contributed by atoms with van der Waals surface area (Å²) in [6.45, 7) is 4.21. The summed E-state index contributed by atoms with van der Waals surface area (Å²) in [7, 11) is 0. The van der Waals surface area contributed by atoms with Crippen molar-refractivity contribution in [3.05, 3.63) is 66.0 Å². The van der Waals surface area contributed by atoms with Crippen molar-refractivity contribution in [1.82, 2.24) is 21.2 Å². The van der Waals surface area contributed by atoms with Crippen LogP contribution in [0.5, 0.6) is 0 Å². The fourth-order valence-corrected chi connectivity index (χ4v) is 3.26. The Morgan fingerprint density at radius 3 is 2.25 bits per heavy atom. The van der Waals surface area contributed by atoms with E-state index < -0.39 is 0 Å². The monoisotopic (exact) mass is 324 g/mol. The molecule has 2 aromatic rings. The molecule has 5 heteroatoms. The van der Waals surface area contributed by atoms with Gasteiger partial charge in [-0.2, -0.15) is 0 Å². The van der Waals surface area contributed by atoms with Gasteiger partial charge >= 0.3 is 0 Å². The lowest BCUT2D eigenvalue weighted by Crippen LogP contribution is -2.34. The molecule has 1 aliphatic heterocycles. The highest BCUT2D eigenvalue weighted by atomic mass is 16.1. The SMILES string of the molecule is CC1NNC(C)C1CC(=O)NC(c1ccccc1)c1ccncc1. The second-order valence-corrected chi connectivity index (χ2v) is 6.43. The summed E-state index contributed by atoms with van der Waals surface area (Å²) in [6, 6.07) is 14.3. The van der Waals surface area contributed by atoms with Gasteiger partial charge in [-0.3, -0.25) is 20.6 Å². The maximum Gasteiger partial charge on any atom is 0.221 e. The third-order valence-corrected chi connectivity index (χ3v) is 4.72. The van der Waals surface area contributed by atoms with Crippen LogP contribution in [-0.2, 0) is 4.79 Å². The quantitative estimate of drug-likeness (QED) is 0.789. The van der Waals surface area contributed by atoms with Gasteiger partial charge in [-0.1, -0.05) is 30.3 Å². The van der Waals surface area contributed by atoms with Crippen LogP contribution in [-0.4, -0.2) is 23.0 Å². The van der Waals surface area contributed by atoms with E-state index in [4.69, 9.17) is 0 Å². The van der Waals surface area contributed by atoms with Crippen LogP contribution in [0, 0.1) is 5.92 Å². The highest BCUT2D eigenvalue weighted by Crippen LogP contribution is 2.23. The molecule has 1 aliphatic rings. The molecule has 0 aliphatic carbocycles. The molecular weight excluding hydrogens is 300 g/mol. The molecule has 5 nitrogen and oxygen atoms in total. The Morgan fingerprint density at radius 2 is 1.62 bits per heavy atom. The van der Waals surface area contributed by atoms with Crippen molar-refractivity contribution < 1.29 is 4.79 Å². The number of pyridine rings is 1. The molecule has 3 unspecified atom stereocenters. The number of nitrogens with one attached hydrogen (secondary N) is 3. The smallest absolute Gasteiger partial charge is 0.221 e. The number of carbonyl (C=O) groups excluding carboxylic acids is 1. The Labute approximate surface area is 142 Å². The highest BCUT2D eigenvalue weighted by Gasteiger charge is 2.32. The van der Waals surface area contributed by atoms with E-state index in [-0.39, 0.29) is 30.0 Å². The van der Waals surface area contributed by atoms with Crippen LogP contribution >= 0.6 is 0 Å². The van der Waals surface area contributed by atoms with E-state index in [9.17, 15) is 4.79 Å². The number of hydrazine groups is 1. The predicted octanol–water partition coefficient (Wildman–Crippen LogP) is 2.18. The summed E-state index contributed by atoms with van der Waals surface area (Å²) in [5.41, 5.74) is 8.51. The standard InChI is InChI=1S/C19H24N4O/c1-13-17(14(2)23-22-13)12-18(24)21-19(15-6-4-3-5-7-15)16-8-10-20-11-9-16/h3-11,13-14,17,19,22-23H,12H2,1-2H3,(H,21,24). The first-order valence-corrected chi connectivity index (χ1v) is 8.40. The van der Waals surface area contributed by atoms with Crippen LogP contribution in [0.4, 0.5) is 0 Å². The van der Waals surface area contributed by atoms with E-state index >= 15 is 0 Å². The van der Waals surface area contributed by atoms with E-state index in [1.54, 1.807) is 12.4 Å². The normalized spacial score (nSPS) is 24.5. The van der Waals surface area contributed by atoms with Crippen molar-refractivity contribution in [1.29, 1.82) is 0 Å². The van der Waals surface area contributed by atoms with E-state index in [0.29, 0.717) is 6.42 Å². The first-order chi connectivity index (χ1) is 11.6. The molecule has 1 fully saturated rings. The summed E-state index contributed by atoms with van der Waals surface area (Å²) in [5.74, 6) is 0.341. The molecule has 3 atom stereocenters. The maximum atomic E-state index is 12.7. The molecule has 1 aromatic carbocycles. The summed E-state index contributed by atoms with van der Waals surface area (Å²) in [4.78, 5) is 16.7. The number of nitrogens with zero attached hydrogens (tertiary/aromatic N) is 1. The zero-order valence-corrected chi connectivity index (χ0v) is 14.1. The molecule has 3 N–H and O–H groups in total. The Balaban J connectivity index is 1.76. The van der Waals surface area contributed by atoms with Gasteiger partial charge in [0.05, 0.1) is 6.04 Å². The second kappa shape index (κ2) is 7.55. The molecule has 2 heterocycles. The summed E-state index contributed by atoms with van der Waals surface area (Å²) in [6.07, 6.45) is 4.01. The van der Waals surface area contributed by atoms with Gasteiger partial charge in [-0.25, -0.2) is 0 Å². The van der Waals surface area contributed by atoms with E-state index in [2.05, 4.69) is 35.0 Å². The van der Waals surface area contributed by atoms with Gasteiger partial charge in [-0.05, 0) is 37.1 Å². The minimum atomic E-state index is -0.158. The molecule has 1 amide bonds. The molecule has 0 bridgehead atoms. The first-order valence-electron chi connectivity index (χ1n) is 8.40. The minimum absolute atomic E-state index is 0.0647. The number of benzene rings is 1. The predicted molar refractivity (Wildman–Crippen MR) is 94.0 cm³/mol. The number of aromatic nitrogens is 1. The molecular formula is C19H24N4O. The lowest BCUT2D eigenvalue weighted by atomic mass is 9.92. The summed E-state index contributed by atoms with van der Waals surface area (Å²) in [5, 5.41) is 3.20. The van der Waals surface area contributed by atoms with Crippen LogP contribution in [0.3, 0.4) is 0 Å². The van der Waals surface area contributed by atoms with Crippen molar-refractivity contribution in [2.45, 2.75) is 38.4 Å². The van der Waals surface area contributed by atoms with Crippen molar-refractivity contribution >= 4 is 5.91 Å². The van der Waals surface area contributed by atoms with Crippen molar-refractivity contribution in [3.63, 3.8) is 0 Å². The molecule has 0 radical (unpaired) electrons. The Kier molecular flexibility index (Phi) is 5.23. The lowest BCUT2D eigenvalue weighted by molar-refractivity contribution is -0.122. The largest absolute Gasteiger partial charge is 0.345 e. The Hall–Kier alpha value is -2.24. The molecule has 1 saturated heterocycles. The molecule has 0 spiro atoms. The Morgan fingerprint density at radius 1 is 1.04 bits per heavy atom. The summed E-state index contributed by atoms with van der Waals surface area (Å²) >= 11 is 0. The van der Waals surface area contributed by atoms with Crippen LogP contribution < -0.4 is 16.2 Å². The third-order valence-electron chi connectivity index (χ3n) is 4.72. The van der Waals surface area contributed by atoms with Gasteiger partial charge in [0.15, 0.2) is 0 Å². The summed E-state index contributed by atoms with van der Waals surface area (Å²) < 4.78 is 0. The fourth-order valence-electron chi connectivity index (χ4n) is 3.26. The third kappa shape index (κ3) is 3.80. The number of rotatable bonds is 5. The zero-order chi connectivity index (χ0) is 16.9. The van der Waals surface area contributed by atoms with Crippen LogP contribution in [0.25, 0.3) is 0 Å². The van der Waals surface area contributed by atoms with Gasteiger partial charge in [0.1, 0.15) is 0 Å². The topological polar surface area (TPSA) is 66.0 Å². The molecule has 0 saturated carbocycles. The average Bonchev–Trinajstić information content (AvgIpc) is 2.93. The maximum absolute atomic E-state index is 12.7. The van der Waals surface area contributed by atoms with Crippen molar-refractivity contribution in [2.24, 2.45) is 5.92 Å². The number of hydrogen-bond acceptors (Lipinski definition) is 4. The first kappa shape index (κ1) is 16.6. The lowest BCUT2D eigenvalue weighted by Gasteiger charge is -2.22. The van der Waals surface area contributed by atoms with E-state index in [0.717, 1.165) is 11.1 Å². The van der Waals surface area contributed by atoms with Gasteiger partial charge in [0.2, 0.25) is 5.91 Å². The molecule has 126 valence electrons. The van der Waals surface area contributed by atoms with E-state index in [1.165, 1.54) is 0 Å². The van der Waals surface area contributed by atoms with Crippen molar-refractivity contribution in [3.8, 4) is 0 Å².